The van der Waals surface area contributed by atoms with E-state index in [-0.39, 0.29) is 12.5 Å². The Balaban J connectivity index is 1.24. The van der Waals surface area contributed by atoms with E-state index in [1.165, 1.54) is 30.4 Å². The van der Waals surface area contributed by atoms with Crippen molar-refractivity contribution in [1.29, 1.82) is 0 Å². The number of hydrogen-bond donors (Lipinski definition) is 1. The van der Waals surface area contributed by atoms with E-state index in [2.05, 4.69) is 36.4 Å². The van der Waals surface area contributed by atoms with Crippen molar-refractivity contribution in [3.63, 3.8) is 0 Å². The van der Waals surface area contributed by atoms with E-state index in [1.807, 2.05) is 36.4 Å². The van der Waals surface area contributed by atoms with Crippen LogP contribution in [-0.2, 0) is 16.0 Å². The van der Waals surface area contributed by atoms with Crippen molar-refractivity contribution in [2.75, 3.05) is 13.7 Å². The molecule has 1 saturated carbocycles. The van der Waals surface area contributed by atoms with Gasteiger partial charge in [0.15, 0.2) is 0 Å². The highest BCUT2D eigenvalue weighted by atomic mass is 16.6. The number of nitrogens with zero attached hydrogens (tertiary/aromatic N) is 1. The second-order valence-corrected chi connectivity index (χ2v) is 9.33. The van der Waals surface area contributed by atoms with Crippen molar-refractivity contribution in [2.45, 2.75) is 43.6 Å². The van der Waals surface area contributed by atoms with Crippen LogP contribution >= 0.6 is 0 Å². The number of ether oxygens (including phenoxy) is 1. The third kappa shape index (κ3) is 4.43. The minimum absolute atomic E-state index is 0.0572. The summed E-state index contributed by atoms with van der Waals surface area (Å²) >= 11 is 0. The van der Waals surface area contributed by atoms with Gasteiger partial charge in [-0.15, -0.1) is 0 Å². The molecular weight excluding hydrogens is 426 g/mol. The molecule has 0 radical (unpaired) electrons. The van der Waals surface area contributed by atoms with Gasteiger partial charge in [0.05, 0.1) is 0 Å². The minimum atomic E-state index is -1.02. The van der Waals surface area contributed by atoms with Crippen molar-refractivity contribution < 1.29 is 19.4 Å². The normalized spacial score (nSPS) is 15.3. The second kappa shape index (κ2) is 9.34. The van der Waals surface area contributed by atoms with E-state index in [0.717, 1.165) is 27.8 Å². The van der Waals surface area contributed by atoms with E-state index < -0.39 is 18.1 Å². The summed E-state index contributed by atoms with van der Waals surface area (Å²) in [5.41, 5.74) is 7.01. The van der Waals surface area contributed by atoms with Crippen LogP contribution in [0, 0.1) is 0 Å². The first-order valence-corrected chi connectivity index (χ1v) is 11.9. The van der Waals surface area contributed by atoms with E-state index in [4.69, 9.17) is 4.74 Å². The van der Waals surface area contributed by atoms with Crippen molar-refractivity contribution >= 4 is 12.1 Å². The Bertz CT molecular complexity index is 1170. The van der Waals surface area contributed by atoms with Crippen molar-refractivity contribution in [3.8, 4) is 11.1 Å². The van der Waals surface area contributed by atoms with Gasteiger partial charge in [0.1, 0.15) is 12.6 Å². The molecule has 0 bridgehead atoms. The largest absolute Gasteiger partial charge is 0.480 e. The number of carboxylic acid groups (broad SMARTS) is 1. The van der Waals surface area contributed by atoms with Gasteiger partial charge in [0.2, 0.25) is 0 Å². The molecule has 34 heavy (non-hydrogen) atoms. The summed E-state index contributed by atoms with van der Waals surface area (Å²) in [5, 5.41) is 9.81. The molecular formula is C29H29NO4. The topological polar surface area (TPSA) is 66.8 Å². The first kappa shape index (κ1) is 22.2. The highest BCUT2D eigenvalue weighted by Gasteiger charge is 2.32. The van der Waals surface area contributed by atoms with Crippen molar-refractivity contribution in [3.05, 3.63) is 95.1 Å². The molecule has 5 heteroatoms. The van der Waals surface area contributed by atoms with Crippen LogP contribution in [0.15, 0.2) is 72.8 Å². The molecule has 1 amide bonds. The Morgan fingerprint density at radius 3 is 2.24 bits per heavy atom. The summed E-state index contributed by atoms with van der Waals surface area (Å²) in [5.74, 6) is -0.425. The maximum absolute atomic E-state index is 12.9. The first-order chi connectivity index (χ1) is 16.5. The molecule has 1 atom stereocenters. The van der Waals surface area contributed by atoms with Crippen LogP contribution in [0.25, 0.3) is 11.1 Å². The Labute approximate surface area is 200 Å². The molecule has 0 aromatic heterocycles. The van der Waals surface area contributed by atoms with Crippen molar-refractivity contribution in [1.82, 2.24) is 4.90 Å². The van der Waals surface area contributed by atoms with Gasteiger partial charge in [0, 0.05) is 13.0 Å². The number of aliphatic carboxylic acids is 1. The van der Waals surface area contributed by atoms with Gasteiger partial charge >= 0.3 is 12.1 Å². The van der Waals surface area contributed by atoms with Gasteiger partial charge < -0.3 is 9.84 Å². The van der Waals surface area contributed by atoms with Crippen LogP contribution in [0.5, 0.6) is 0 Å². The number of carbonyl (C=O) groups excluding carboxylic acids is 1. The number of carboxylic acids is 1. The summed E-state index contributed by atoms with van der Waals surface area (Å²) < 4.78 is 5.67. The summed E-state index contributed by atoms with van der Waals surface area (Å²) in [4.78, 5) is 26.1. The van der Waals surface area contributed by atoms with Gasteiger partial charge in [-0.1, -0.05) is 72.8 Å². The van der Waals surface area contributed by atoms with E-state index in [0.29, 0.717) is 18.8 Å². The Kier molecular flexibility index (Phi) is 6.10. The van der Waals surface area contributed by atoms with E-state index in [1.54, 1.807) is 0 Å². The standard InChI is InChI=1S/C29H29NO4/c1-30(27(28(31)32)16-13-19-7-6-8-21(17-19)20-14-15-20)29(33)34-18-26-24-11-4-2-9-22(24)23-10-3-5-12-25(23)26/h2-12,17,20,26-27H,13-16,18H2,1H3,(H,31,32). The number of likely N-dealkylation sites (N-methyl/N-ethyl adjacent to an activating group) is 1. The molecule has 2 aliphatic rings. The first-order valence-electron chi connectivity index (χ1n) is 11.9. The fourth-order valence-electron chi connectivity index (χ4n) is 5.03. The minimum Gasteiger partial charge on any atom is -0.480 e. The third-order valence-electron chi connectivity index (χ3n) is 7.08. The van der Waals surface area contributed by atoms with Crippen LogP contribution in [0.4, 0.5) is 4.79 Å². The summed E-state index contributed by atoms with van der Waals surface area (Å²) in [6.45, 7) is 0.174. The SMILES string of the molecule is CN(C(=O)OCC1c2ccccc2-c2ccccc21)C(CCc1cccc(C2CC2)c1)C(=O)O. The molecule has 5 rings (SSSR count). The zero-order valence-electron chi connectivity index (χ0n) is 19.3. The fourth-order valence-corrected chi connectivity index (χ4v) is 5.03. The number of aryl methyl sites for hydroxylation is 1. The van der Waals surface area contributed by atoms with Crippen LogP contribution < -0.4 is 0 Å². The third-order valence-corrected chi connectivity index (χ3v) is 7.08. The van der Waals surface area contributed by atoms with E-state index in [9.17, 15) is 14.7 Å². The lowest BCUT2D eigenvalue weighted by Crippen LogP contribution is -2.43. The van der Waals surface area contributed by atoms with Gasteiger partial charge in [-0.25, -0.2) is 9.59 Å². The molecule has 0 aliphatic heterocycles. The Morgan fingerprint density at radius 2 is 1.62 bits per heavy atom. The number of hydrogen-bond acceptors (Lipinski definition) is 3. The molecule has 0 heterocycles. The van der Waals surface area contributed by atoms with Gasteiger partial charge in [-0.05, 0) is 65.0 Å². The van der Waals surface area contributed by atoms with E-state index >= 15 is 0 Å². The zero-order valence-corrected chi connectivity index (χ0v) is 19.3. The Hall–Kier alpha value is -3.60. The predicted octanol–water partition coefficient (Wildman–Crippen LogP) is 5.83. The number of rotatable bonds is 8. The average Bonchev–Trinajstić information content (AvgIpc) is 3.66. The molecule has 3 aromatic carbocycles. The summed E-state index contributed by atoms with van der Waals surface area (Å²) in [7, 11) is 1.51. The maximum atomic E-state index is 12.9. The molecule has 0 saturated heterocycles. The lowest BCUT2D eigenvalue weighted by atomic mass is 9.98. The second-order valence-electron chi connectivity index (χ2n) is 9.33. The lowest BCUT2D eigenvalue weighted by Gasteiger charge is -2.25. The quantitative estimate of drug-likeness (QED) is 0.464. The lowest BCUT2D eigenvalue weighted by molar-refractivity contribution is -0.142. The monoisotopic (exact) mass is 455 g/mol. The summed E-state index contributed by atoms with van der Waals surface area (Å²) in [6, 6.07) is 23.7. The van der Waals surface area contributed by atoms with Crippen molar-refractivity contribution in [2.24, 2.45) is 0 Å². The molecule has 0 spiro atoms. The van der Waals surface area contributed by atoms with Gasteiger partial charge in [-0.2, -0.15) is 0 Å². The number of benzene rings is 3. The molecule has 1 fully saturated rings. The highest BCUT2D eigenvalue weighted by Crippen LogP contribution is 2.44. The van der Waals surface area contributed by atoms with Gasteiger partial charge in [0.25, 0.3) is 0 Å². The van der Waals surface area contributed by atoms with Crippen LogP contribution in [0.3, 0.4) is 0 Å². The summed E-state index contributed by atoms with van der Waals surface area (Å²) in [6.07, 6.45) is 2.78. The number of carbonyl (C=O) groups is 2. The maximum Gasteiger partial charge on any atom is 0.410 e. The number of fused-ring (bicyclic) bond motifs is 3. The molecule has 1 N–H and O–H groups in total. The van der Waals surface area contributed by atoms with Crippen LogP contribution in [-0.4, -0.2) is 41.8 Å². The molecule has 174 valence electrons. The fraction of sp³-hybridized carbons (Fsp3) is 0.310. The predicted molar refractivity (Wildman–Crippen MR) is 131 cm³/mol. The molecule has 1 unspecified atom stereocenters. The smallest absolute Gasteiger partial charge is 0.410 e. The van der Waals surface area contributed by atoms with Crippen LogP contribution in [0.2, 0.25) is 0 Å². The average molecular weight is 456 g/mol. The number of amides is 1. The molecule has 5 nitrogen and oxygen atoms in total. The molecule has 2 aliphatic carbocycles. The highest BCUT2D eigenvalue weighted by molar-refractivity contribution is 5.81. The van der Waals surface area contributed by atoms with Gasteiger partial charge in [-0.3, -0.25) is 4.90 Å². The Morgan fingerprint density at radius 1 is 0.971 bits per heavy atom. The molecule has 3 aromatic rings. The zero-order chi connectivity index (χ0) is 23.7. The van der Waals surface area contributed by atoms with Crippen LogP contribution in [0.1, 0.15) is 53.4 Å².